The Kier molecular flexibility index (Phi) is 4.29. The molecule has 0 atom stereocenters. The van der Waals surface area contributed by atoms with Crippen LogP contribution < -0.4 is 0 Å². The van der Waals surface area contributed by atoms with Gasteiger partial charge in [0.15, 0.2) is 0 Å². The van der Waals surface area contributed by atoms with Crippen molar-refractivity contribution in [3.05, 3.63) is 18.2 Å². The molecule has 1 aromatic rings. The molecule has 5 heteroatoms. The standard InChI is InChI=1S/C16H26N4O/c1-13(2)11-16(21)19-6-3-14(4-7-19)20-10-9-18-8-5-17-15(18)12-20/h5,8,13-14H,3-4,6-7,9-12H2,1-2H3. The number of nitrogens with zero attached hydrogens (tertiary/aromatic N) is 4. The van der Waals surface area contributed by atoms with Crippen LogP contribution >= 0.6 is 0 Å². The van der Waals surface area contributed by atoms with E-state index >= 15 is 0 Å². The number of carbonyl (C=O) groups excluding carboxylic acids is 1. The van der Waals surface area contributed by atoms with Crippen LogP contribution in [-0.4, -0.2) is 50.9 Å². The second-order valence-corrected chi connectivity index (χ2v) is 6.72. The number of fused-ring (bicyclic) bond motifs is 1. The van der Waals surface area contributed by atoms with Gasteiger partial charge in [0.1, 0.15) is 5.82 Å². The number of aromatic nitrogens is 2. The predicted molar refractivity (Wildman–Crippen MR) is 81.7 cm³/mol. The molecule has 21 heavy (non-hydrogen) atoms. The molecular weight excluding hydrogens is 264 g/mol. The van der Waals surface area contributed by atoms with Gasteiger partial charge < -0.3 is 9.47 Å². The lowest BCUT2D eigenvalue weighted by atomic mass is 10.0. The molecule has 1 aromatic heterocycles. The lowest BCUT2D eigenvalue weighted by Crippen LogP contribution is -2.48. The van der Waals surface area contributed by atoms with Crippen LogP contribution in [0.4, 0.5) is 0 Å². The average Bonchev–Trinajstić information content (AvgIpc) is 2.94. The van der Waals surface area contributed by atoms with Gasteiger partial charge in [0.05, 0.1) is 6.54 Å². The molecule has 0 aliphatic carbocycles. The van der Waals surface area contributed by atoms with Gasteiger partial charge in [0.2, 0.25) is 5.91 Å². The first-order chi connectivity index (χ1) is 10.1. The van der Waals surface area contributed by atoms with E-state index in [1.165, 1.54) is 5.82 Å². The number of likely N-dealkylation sites (tertiary alicyclic amines) is 1. The first-order valence-corrected chi connectivity index (χ1v) is 8.15. The summed E-state index contributed by atoms with van der Waals surface area (Å²) in [6.07, 6.45) is 6.85. The maximum atomic E-state index is 12.1. The lowest BCUT2D eigenvalue weighted by molar-refractivity contribution is -0.133. The van der Waals surface area contributed by atoms with Gasteiger partial charge in [-0.2, -0.15) is 0 Å². The van der Waals surface area contributed by atoms with Crippen LogP contribution in [0.3, 0.4) is 0 Å². The minimum Gasteiger partial charge on any atom is -0.343 e. The van der Waals surface area contributed by atoms with Crippen LogP contribution in [0.1, 0.15) is 38.9 Å². The fourth-order valence-corrected chi connectivity index (χ4v) is 3.46. The summed E-state index contributed by atoms with van der Waals surface area (Å²) in [7, 11) is 0. The Bertz CT molecular complexity index is 488. The summed E-state index contributed by atoms with van der Waals surface area (Å²) in [5.74, 6) is 1.97. The van der Waals surface area contributed by atoms with Crippen molar-refractivity contribution >= 4 is 5.91 Å². The van der Waals surface area contributed by atoms with Crippen LogP contribution in [0, 0.1) is 5.92 Å². The molecule has 5 nitrogen and oxygen atoms in total. The highest BCUT2D eigenvalue weighted by molar-refractivity contribution is 5.76. The van der Waals surface area contributed by atoms with E-state index in [-0.39, 0.29) is 0 Å². The highest BCUT2D eigenvalue weighted by Crippen LogP contribution is 2.22. The fraction of sp³-hybridized carbons (Fsp3) is 0.750. The van der Waals surface area contributed by atoms with Gasteiger partial charge >= 0.3 is 0 Å². The number of imidazole rings is 1. The van der Waals surface area contributed by atoms with E-state index < -0.39 is 0 Å². The number of amides is 1. The van der Waals surface area contributed by atoms with Crippen molar-refractivity contribution in [2.45, 2.75) is 52.2 Å². The Morgan fingerprint density at radius 1 is 1.29 bits per heavy atom. The largest absolute Gasteiger partial charge is 0.343 e. The zero-order chi connectivity index (χ0) is 14.8. The van der Waals surface area contributed by atoms with Crippen LogP contribution in [-0.2, 0) is 17.9 Å². The van der Waals surface area contributed by atoms with Crippen LogP contribution in [0.5, 0.6) is 0 Å². The summed E-state index contributed by atoms with van der Waals surface area (Å²) in [6.45, 7) is 9.16. The molecule has 2 aliphatic rings. The summed E-state index contributed by atoms with van der Waals surface area (Å²) >= 11 is 0. The van der Waals surface area contributed by atoms with Crippen molar-refractivity contribution in [3.8, 4) is 0 Å². The zero-order valence-corrected chi connectivity index (χ0v) is 13.2. The summed E-state index contributed by atoms with van der Waals surface area (Å²) in [6, 6.07) is 0.610. The molecule has 0 bridgehead atoms. The molecule has 0 unspecified atom stereocenters. The third-order valence-corrected chi connectivity index (χ3v) is 4.69. The Morgan fingerprint density at radius 2 is 2.05 bits per heavy atom. The fourth-order valence-electron chi connectivity index (χ4n) is 3.46. The minimum absolute atomic E-state index is 0.331. The van der Waals surface area contributed by atoms with Crippen molar-refractivity contribution < 1.29 is 4.79 Å². The first-order valence-electron chi connectivity index (χ1n) is 8.15. The third-order valence-electron chi connectivity index (χ3n) is 4.69. The van der Waals surface area contributed by atoms with Gasteiger partial charge in [-0.3, -0.25) is 9.69 Å². The van der Waals surface area contributed by atoms with Crippen molar-refractivity contribution in [2.24, 2.45) is 5.92 Å². The molecule has 0 spiro atoms. The highest BCUT2D eigenvalue weighted by atomic mass is 16.2. The lowest BCUT2D eigenvalue weighted by Gasteiger charge is -2.40. The number of hydrogen-bond donors (Lipinski definition) is 0. The zero-order valence-electron chi connectivity index (χ0n) is 13.2. The summed E-state index contributed by atoms with van der Waals surface area (Å²) in [5.41, 5.74) is 0. The Hall–Kier alpha value is -1.36. The van der Waals surface area contributed by atoms with Gasteiger partial charge in [-0.1, -0.05) is 13.8 Å². The van der Waals surface area contributed by atoms with E-state index in [1.807, 2.05) is 6.20 Å². The van der Waals surface area contributed by atoms with E-state index in [0.29, 0.717) is 24.3 Å². The average molecular weight is 290 g/mol. The predicted octanol–water partition coefficient (Wildman–Crippen LogP) is 1.74. The molecule has 2 aliphatic heterocycles. The van der Waals surface area contributed by atoms with Gasteiger partial charge in [-0.25, -0.2) is 4.98 Å². The van der Waals surface area contributed by atoms with Crippen LogP contribution in [0.15, 0.2) is 12.4 Å². The maximum Gasteiger partial charge on any atom is 0.222 e. The van der Waals surface area contributed by atoms with Crippen molar-refractivity contribution in [1.82, 2.24) is 19.4 Å². The molecule has 3 heterocycles. The molecule has 0 radical (unpaired) electrons. The number of carbonyl (C=O) groups is 1. The quantitative estimate of drug-likeness (QED) is 0.851. The van der Waals surface area contributed by atoms with Gasteiger partial charge in [0, 0.05) is 51.0 Å². The van der Waals surface area contributed by atoms with E-state index in [2.05, 4.69) is 39.4 Å². The molecule has 0 aromatic carbocycles. The second-order valence-electron chi connectivity index (χ2n) is 6.72. The van der Waals surface area contributed by atoms with Crippen molar-refractivity contribution in [2.75, 3.05) is 19.6 Å². The van der Waals surface area contributed by atoms with E-state index in [4.69, 9.17) is 0 Å². The molecule has 3 rings (SSSR count). The van der Waals surface area contributed by atoms with E-state index in [9.17, 15) is 4.79 Å². The Morgan fingerprint density at radius 3 is 2.76 bits per heavy atom. The minimum atomic E-state index is 0.331. The second kappa shape index (κ2) is 6.18. The molecule has 0 saturated carbocycles. The smallest absolute Gasteiger partial charge is 0.222 e. The van der Waals surface area contributed by atoms with Crippen molar-refractivity contribution in [3.63, 3.8) is 0 Å². The van der Waals surface area contributed by atoms with Gasteiger partial charge in [-0.05, 0) is 18.8 Å². The molecule has 1 saturated heterocycles. The summed E-state index contributed by atoms with van der Waals surface area (Å²) < 4.78 is 2.25. The number of piperidine rings is 1. The topological polar surface area (TPSA) is 41.4 Å². The maximum absolute atomic E-state index is 12.1. The van der Waals surface area contributed by atoms with Crippen LogP contribution in [0.2, 0.25) is 0 Å². The normalized spacial score (nSPS) is 20.8. The SMILES string of the molecule is CC(C)CC(=O)N1CCC(N2CCn3ccnc3C2)CC1. The Balaban J connectivity index is 1.51. The highest BCUT2D eigenvalue weighted by Gasteiger charge is 2.29. The summed E-state index contributed by atoms with van der Waals surface area (Å²) in [4.78, 5) is 21.2. The molecule has 1 fully saturated rings. The Labute approximate surface area is 126 Å². The molecule has 116 valence electrons. The van der Waals surface area contributed by atoms with Crippen LogP contribution in [0.25, 0.3) is 0 Å². The number of rotatable bonds is 3. The van der Waals surface area contributed by atoms with Gasteiger partial charge in [-0.15, -0.1) is 0 Å². The van der Waals surface area contributed by atoms with E-state index in [1.54, 1.807) is 0 Å². The molecular formula is C16H26N4O. The number of hydrogen-bond acceptors (Lipinski definition) is 3. The first kappa shape index (κ1) is 14.6. The molecule has 0 N–H and O–H groups in total. The monoisotopic (exact) mass is 290 g/mol. The molecule has 1 amide bonds. The van der Waals surface area contributed by atoms with Crippen molar-refractivity contribution in [1.29, 1.82) is 0 Å². The van der Waals surface area contributed by atoms with E-state index in [0.717, 1.165) is 45.6 Å². The van der Waals surface area contributed by atoms with Gasteiger partial charge in [0.25, 0.3) is 0 Å². The third kappa shape index (κ3) is 3.28. The summed E-state index contributed by atoms with van der Waals surface area (Å²) in [5, 5.41) is 0.